The molecule has 3 rings (SSSR count). The fourth-order valence-corrected chi connectivity index (χ4v) is 4.24. The zero-order valence-corrected chi connectivity index (χ0v) is 17.3. The van der Waals surface area contributed by atoms with Crippen LogP contribution in [0.3, 0.4) is 0 Å². The summed E-state index contributed by atoms with van der Waals surface area (Å²) in [6.07, 6.45) is 3.65. The Morgan fingerprint density at radius 2 is 1.71 bits per heavy atom. The van der Waals surface area contributed by atoms with Crippen LogP contribution in [-0.2, 0) is 11.3 Å². The molecule has 1 atom stereocenters. The maximum atomic E-state index is 12.6. The lowest BCUT2D eigenvalue weighted by Gasteiger charge is -2.36. The van der Waals surface area contributed by atoms with Crippen molar-refractivity contribution in [3.8, 4) is 0 Å². The van der Waals surface area contributed by atoms with Gasteiger partial charge in [0.2, 0.25) is 5.91 Å². The van der Waals surface area contributed by atoms with E-state index in [1.165, 1.54) is 5.56 Å². The van der Waals surface area contributed by atoms with E-state index in [1.807, 2.05) is 15.9 Å². The van der Waals surface area contributed by atoms with E-state index in [4.69, 9.17) is 0 Å². The van der Waals surface area contributed by atoms with Crippen LogP contribution in [0.15, 0.2) is 30.3 Å². The fourth-order valence-electron chi connectivity index (χ4n) is 4.24. The van der Waals surface area contributed by atoms with Crippen LogP contribution in [0, 0.1) is 5.92 Å². The van der Waals surface area contributed by atoms with Gasteiger partial charge in [-0.1, -0.05) is 30.3 Å². The molecule has 0 aliphatic carbocycles. The predicted octanol–water partition coefficient (Wildman–Crippen LogP) is 2.50. The smallest absolute Gasteiger partial charge is 0.319 e. The number of benzene rings is 1. The molecule has 0 bridgehead atoms. The first kappa shape index (κ1) is 20.6. The maximum absolute atomic E-state index is 12.6. The Bertz CT molecular complexity index is 641. The second kappa shape index (κ2) is 9.92. The number of rotatable bonds is 5. The van der Waals surface area contributed by atoms with E-state index in [1.54, 1.807) is 19.0 Å². The minimum atomic E-state index is 0.0885. The summed E-state index contributed by atoms with van der Waals surface area (Å²) in [5.74, 6) is 0.719. The van der Waals surface area contributed by atoms with Gasteiger partial charge in [0.05, 0.1) is 0 Å². The number of nitrogens with zero attached hydrogens (tertiary/aromatic N) is 4. The molecule has 2 fully saturated rings. The molecule has 2 saturated heterocycles. The van der Waals surface area contributed by atoms with Crippen molar-refractivity contribution in [1.82, 2.24) is 19.6 Å². The van der Waals surface area contributed by atoms with Gasteiger partial charge in [0, 0.05) is 66.3 Å². The minimum absolute atomic E-state index is 0.0885. The molecule has 0 radical (unpaired) electrons. The van der Waals surface area contributed by atoms with E-state index in [-0.39, 0.29) is 11.9 Å². The second-order valence-corrected chi connectivity index (χ2v) is 8.31. The zero-order valence-electron chi connectivity index (χ0n) is 17.3. The number of amides is 3. The van der Waals surface area contributed by atoms with E-state index in [9.17, 15) is 9.59 Å². The van der Waals surface area contributed by atoms with E-state index < -0.39 is 0 Å². The van der Waals surface area contributed by atoms with Gasteiger partial charge in [0.1, 0.15) is 0 Å². The standard InChI is InChI=1S/C22H34N4O2/c1-23(2)22(28)26-12-6-9-20(18-26)10-11-21(27)25-15-13-24(14-16-25)17-19-7-4-3-5-8-19/h3-5,7-8,20H,6,9-18H2,1-2H3/t20-/m0/s1. The van der Waals surface area contributed by atoms with Crippen molar-refractivity contribution in [2.75, 3.05) is 53.4 Å². The van der Waals surface area contributed by atoms with Crippen LogP contribution < -0.4 is 0 Å². The molecule has 0 N–H and O–H groups in total. The molecule has 0 spiro atoms. The van der Waals surface area contributed by atoms with E-state index in [0.29, 0.717) is 12.3 Å². The molecular formula is C22H34N4O2. The van der Waals surface area contributed by atoms with Crippen LogP contribution in [0.4, 0.5) is 4.79 Å². The number of piperidine rings is 1. The average molecular weight is 387 g/mol. The lowest BCUT2D eigenvalue weighted by atomic mass is 9.93. The highest BCUT2D eigenvalue weighted by molar-refractivity contribution is 5.76. The number of carbonyl (C=O) groups is 2. The molecule has 6 nitrogen and oxygen atoms in total. The Kier molecular flexibility index (Phi) is 7.31. The fraction of sp³-hybridized carbons (Fsp3) is 0.636. The van der Waals surface area contributed by atoms with Crippen molar-refractivity contribution < 1.29 is 9.59 Å². The third kappa shape index (κ3) is 5.71. The first-order valence-corrected chi connectivity index (χ1v) is 10.5. The molecule has 28 heavy (non-hydrogen) atoms. The monoisotopic (exact) mass is 386 g/mol. The molecule has 0 aromatic heterocycles. The summed E-state index contributed by atoms with van der Waals surface area (Å²) >= 11 is 0. The minimum Gasteiger partial charge on any atom is -0.340 e. The molecule has 2 aliphatic heterocycles. The number of hydrogen-bond donors (Lipinski definition) is 0. The average Bonchev–Trinajstić information content (AvgIpc) is 2.73. The van der Waals surface area contributed by atoms with E-state index in [2.05, 4.69) is 29.2 Å². The summed E-state index contributed by atoms with van der Waals surface area (Å²) in [4.78, 5) is 32.8. The van der Waals surface area contributed by atoms with Gasteiger partial charge < -0.3 is 14.7 Å². The van der Waals surface area contributed by atoms with Crippen molar-refractivity contribution in [3.05, 3.63) is 35.9 Å². The predicted molar refractivity (Wildman–Crippen MR) is 111 cm³/mol. The van der Waals surface area contributed by atoms with Gasteiger partial charge in [-0.2, -0.15) is 0 Å². The summed E-state index contributed by atoms with van der Waals surface area (Å²) in [5, 5.41) is 0. The molecule has 3 amide bonds. The topological polar surface area (TPSA) is 47.1 Å². The largest absolute Gasteiger partial charge is 0.340 e. The highest BCUT2D eigenvalue weighted by Gasteiger charge is 2.26. The van der Waals surface area contributed by atoms with Crippen LogP contribution in [0.25, 0.3) is 0 Å². The Morgan fingerprint density at radius 1 is 1.00 bits per heavy atom. The summed E-state index contributed by atoms with van der Waals surface area (Å²) < 4.78 is 0. The van der Waals surface area contributed by atoms with Crippen LogP contribution in [0.1, 0.15) is 31.2 Å². The number of urea groups is 1. The molecule has 1 aromatic rings. The molecule has 6 heteroatoms. The van der Waals surface area contributed by atoms with Crippen LogP contribution in [0.2, 0.25) is 0 Å². The summed E-state index contributed by atoms with van der Waals surface area (Å²) in [7, 11) is 3.60. The molecule has 154 valence electrons. The lowest BCUT2D eigenvalue weighted by Crippen LogP contribution is -2.48. The van der Waals surface area contributed by atoms with Gasteiger partial charge in [0.15, 0.2) is 0 Å². The Hall–Kier alpha value is -2.08. The van der Waals surface area contributed by atoms with E-state index >= 15 is 0 Å². The van der Waals surface area contributed by atoms with Gasteiger partial charge in [-0.3, -0.25) is 9.69 Å². The first-order chi connectivity index (χ1) is 13.5. The molecule has 0 saturated carbocycles. The summed E-state index contributed by atoms with van der Waals surface area (Å²) in [6.45, 7) is 6.11. The third-order valence-corrected chi connectivity index (χ3v) is 5.91. The number of likely N-dealkylation sites (tertiary alicyclic amines) is 1. The van der Waals surface area contributed by atoms with Crippen molar-refractivity contribution in [3.63, 3.8) is 0 Å². The van der Waals surface area contributed by atoms with Crippen LogP contribution in [0.5, 0.6) is 0 Å². The van der Waals surface area contributed by atoms with Gasteiger partial charge in [-0.15, -0.1) is 0 Å². The van der Waals surface area contributed by atoms with Gasteiger partial charge in [-0.05, 0) is 30.7 Å². The normalized spacial score (nSPS) is 20.9. The molecule has 2 aliphatic rings. The third-order valence-electron chi connectivity index (χ3n) is 5.91. The van der Waals surface area contributed by atoms with Crippen LogP contribution in [-0.4, -0.2) is 84.9 Å². The lowest BCUT2D eigenvalue weighted by molar-refractivity contribution is -0.133. The highest BCUT2D eigenvalue weighted by Crippen LogP contribution is 2.22. The molecule has 0 unspecified atom stereocenters. The second-order valence-electron chi connectivity index (χ2n) is 8.31. The molecule has 2 heterocycles. The first-order valence-electron chi connectivity index (χ1n) is 10.5. The number of piperazine rings is 1. The Labute approximate surface area is 169 Å². The van der Waals surface area contributed by atoms with Gasteiger partial charge >= 0.3 is 6.03 Å². The maximum Gasteiger partial charge on any atom is 0.319 e. The Balaban J connectivity index is 1.38. The SMILES string of the molecule is CN(C)C(=O)N1CCC[C@@H](CCC(=O)N2CCN(Cc3ccccc3)CC2)C1. The highest BCUT2D eigenvalue weighted by atomic mass is 16.2. The number of hydrogen-bond acceptors (Lipinski definition) is 3. The van der Waals surface area contributed by atoms with Crippen molar-refractivity contribution in [2.24, 2.45) is 5.92 Å². The van der Waals surface area contributed by atoms with Crippen molar-refractivity contribution >= 4 is 11.9 Å². The van der Waals surface area contributed by atoms with E-state index in [0.717, 1.165) is 65.1 Å². The summed E-state index contributed by atoms with van der Waals surface area (Å²) in [6, 6.07) is 10.6. The van der Waals surface area contributed by atoms with Crippen LogP contribution >= 0.6 is 0 Å². The van der Waals surface area contributed by atoms with Crippen molar-refractivity contribution in [2.45, 2.75) is 32.2 Å². The quantitative estimate of drug-likeness (QED) is 0.781. The molecular weight excluding hydrogens is 352 g/mol. The van der Waals surface area contributed by atoms with Crippen molar-refractivity contribution in [1.29, 1.82) is 0 Å². The zero-order chi connectivity index (χ0) is 19.9. The number of carbonyl (C=O) groups excluding carboxylic acids is 2. The Morgan fingerprint density at radius 3 is 2.39 bits per heavy atom. The summed E-state index contributed by atoms with van der Waals surface area (Å²) in [5.41, 5.74) is 1.33. The van der Waals surface area contributed by atoms with Gasteiger partial charge in [0.25, 0.3) is 0 Å². The molecule has 1 aromatic carbocycles. The van der Waals surface area contributed by atoms with Gasteiger partial charge in [-0.25, -0.2) is 4.79 Å².